The quantitative estimate of drug-likeness (QED) is 0.303. The standard InChI is InChI=1S/C24H15N3O9/c28-19(29)13-7-1-4-10-16(13)34-22-25-23(35-17-11-5-2-8-14(17)20(30)31)27-24(26-22)36-18-12-6-3-9-15(18)21(32)33/h1-12H,(H,28,29)(H,30,31)(H,32,33). The number of nitrogens with zero attached hydrogens (tertiary/aromatic N) is 3. The average molecular weight is 489 g/mol. The number of carbonyl (C=O) groups is 3. The minimum Gasteiger partial charge on any atom is -0.478 e. The van der Waals surface area contributed by atoms with Gasteiger partial charge in [0.1, 0.15) is 33.9 Å². The van der Waals surface area contributed by atoms with Crippen molar-refractivity contribution >= 4 is 17.9 Å². The number of hydrogen-bond donors (Lipinski definition) is 3. The van der Waals surface area contributed by atoms with Crippen LogP contribution in [0.15, 0.2) is 72.8 Å². The summed E-state index contributed by atoms with van der Waals surface area (Å²) in [7, 11) is 0. The number of benzene rings is 3. The Hall–Kier alpha value is -5.52. The van der Waals surface area contributed by atoms with Crippen molar-refractivity contribution in [3.63, 3.8) is 0 Å². The van der Waals surface area contributed by atoms with Crippen LogP contribution in [0.4, 0.5) is 0 Å². The van der Waals surface area contributed by atoms with E-state index in [1.54, 1.807) is 0 Å². The van der Waals surface area contributed by atoms with E-state index in [4.69, 9.17) is 14.2 Å². The first-order valence-corrected chi connectivity index (χ1v) is 10.1. The van der Waals surface area contributed by atoms with E-state index in [0.29, 0.717) is 0 Å². The molecule has 4 aromatic rings. The zero-order valence-electron chi connectivity index (χ0n) is 18.1. The summed E-state index contributed by atoms with van der Waals surface area (Å²) in [6.45, 7) is 0. The van der Waals surface area contributed by atoms with E-state index >= 15 is 0 Å². The lowest BCUT2D eigenvalue weighted by Gasteiger charge is -2.12. The fourth-order valence-corrected chi connectivity index (χ4v) is 2.95. The van der Waals surface area contributed by atoms with Crippen LogP contribution in [0.2, 0.25) is 0 Å². The maximum absolute atomic E-state index is 11.5. The van der Waals surface area contributed by atoms with E-state index in [9.17, 15) is 29.7 Å². The van der Waals surface area contributed by atoms with Crippen molar-refractivity contribution in [2.24, 2.45) is 0 Å². The third-order valence-electron chi connectivity index (χ3n) is 4.53. The van der Waals surface area contributed by atoms with Crippen LogP contribution in [-0.4, -0.2) is 48.2 Å². The molecule has 12 heteroatoms. The molecule has 3 aromatic carbocycles. The van der Waals surface area contributed by atoms with Crippen LogP contribution >= 0.6 is 0 Å². The molecule has 0 radical (unpaired) electrons. The Labute approximate surface area is 202 Å². The lowest BCUT2D eigenvalue weighted by atomic mass is 10.2. The number of rotatable bonds is 9. The first-order chi connectivity index (χ1) is 17.3. The molecule has 1 aromatic heterocycles. The molecule has 0 aliphatic carbocycles. The third-order valence-corrected chi connectivity index (χ3v) is 4.53. The summed E-state index contributed by atoms with van der Waals surface area (Å²) >= 11 is 0. The highest BCUT2D eigenvalue weighted by Crippen LogP contribution is 2.30. The van der Waals surface area contributed by atoms with Crippen molar-refractivity contribution in [3.8, 4) is 35.3 Å². The van der Waals surface area contributed by atoms with Gasteiger partial charge in [-0.05, 0) is 36.4 Å². The summed E-state index contributed by atoms with van der Waals surface area (Å²) in [5, 5.41) is 28.2. The van der Waals surface area contributed by atoms with E-state index in [2.05, 4.69) is 15.0 Å². The lowest BCUT2D eigenvalue weighted by molar-refractivity contribution is 0.0683. The Bertz CT molecular complexity index is 1290. The van der Waals surface area contributed by atoms with Gasteiger partial charge in [-0.15, -0.1) is 15.0 Å². The van der Waals surface area contributed by atoms with E-state index in [1.165, 1.54) is 72.8 Å². The van der Waals surface area contributed by atoms with Crippen molar-refractivity contribution in [1.29, 1.82) is 0 Å². The van der Waals surface area contributed by atoms with Crippen molar-refractivity contribution in [3.05, 3.63) is 89.5 Å². The van der Waals surface area contributed by atoms with E-state index in [1.807, 2.05) is 0 Å². The van der Waals surface area contributed by atoms with Crippen molar-refractivity contribution in [1.82, 2.24) is 15.0 Å². The van der Waals surface area contributed by atoms with Gasteiger partial charge in [0.25, 0.3) is 0 Å². The van der Waals surface area contributed by atoms with E-state index in [-0.39, 0.29) is 33.9 Å². The first-order valence-electron chi connectivity index (χ1n) is 10.1. The SMILES string of the molecule is O=C(O)c1ccccc1Oc1nc(Oc2ccccc2C(=O)O)nc(Oc2ccccc2C(=O)O)n1. The smallest absolute Gasteiger partial charge is 0.339 e. The third kappa shape index (κ3) is 5.34. The summed E-state index contributed by atoms with van der Waals surface area (Å²) in [6, 6.07) is 15.8. The van der Waals surface area contributed by atoms with Gasteiger partial charge in [0.05, 0.1) is 0 Å². The zero-order chi connectivity index (χ0) is 25.7. The molecule has 0 bridgehead atoms. The largest absolute Gasteiger partial charge is 0.478 e. The number of ether oxygens (including phenoxy) is 3. The summed E-state index contributed by atoms with van der Waals surface area (Å²) in [6.07, 6.45) is 0. The molecule has 0 atom stereocenters. The molecule has 0 saturated heterocycles. The molecular formula is C24H15N3O9. The molecule has 0 unspecified atom stereocenters. The maximum Gasteiger partial charge on any atom is 0.339 e. The molecule has 0 amide bonds. The van der Waals surface area contributed by atoms with E-state index in [0.717, 1.165) is 0 Å². The van der Waals surface area contributed by atoms with Gasteiger partial charge in [-0.25, -0.2) is 14.4 Å². The Morgan fingerprint density at radius 3 is 0.972 bits per heavy atom. The zero-order valence-corrected chi connectivity index (χ0v) is 18.1. The molecule has 3 N–H and O–H groups in total. The van der Waals surface area contributed by atoms with Crippen LogP contribution in [0.1, 0.15) is 31.1 Å². The van der Waals surface area contributed by atoms with Crippen molar-refractivity contribution in [2.45, 2.75) is 0 Å². The second kappa shape index (κ2) is 10.2. The van der Waals surface area contributed by atoms with Crippen LogP contribution in [0, 0.1) is 0 Å². The number of para-hydroxylation sites is 3. The molecule has 36 heavy (non-hydrogen) atoms. The van der Waals surface area contributed by atoms with E-state index < -0.39 is 35.9 Å². The predicted molar refractivity (Wildman–Crippen MR) is 120 cm³/mol. The van der Waals surface area contributed by atoms with Crippen LogP contribution in [0.3, 0.4) is 0 Å². The highest BCUT2D eigenvalue weighted by molar-refractivity contribution is 5.92. The number of hydrogen-bond acceptors (Lipinski definition) is 9. The summed E-state index contributed by atoms with van der Waals surface area (Å²) in [4.78, 5) is 46.5. The predicted octanol–water partition coefficient (Wildman–Crippen LogP) is 4.34. The number of carboxylic acids is 3. The van der Waals surface area contributed by atoms with Crippen molar-refractivity contribution < 1.29 is 43.9 Å². The van der Waals surface area contributed by atoms with Gasteiger partial charge in [0, 0.05) is 0 Å². The second-order valence-corrected chi connectivity index (χ2v) is 6.89. The minimum absolute atomic E-state index is 0.107. The molecule has 12 nitrogen and oxygen atoms in total. The lowest BCUT2D eigenvalue weighted by Crippen LogP contribution is -2.06. The molecule has 0 saturated carbocycles. The van der Waals surface area contributed by atoms with Crippen LogP contribution < -0.4 is 14.2 Å². The summed E-state index contributed by atoms with van der Waals surface area (Å²) < 4.78 is 16.6. The van der Waals surface area contributed by atoms with Gasteiger partial charge in [0.15, 0.2) is 0 Å². The normalized spacial score (nSPS) is 10.3. The molecular weight excluding hydrogens is 474 g/mol. The van der Waals surface area contributed by atoms with Gasteiger partial charge >= 0.3 is 35.9 Å². The van der Waals surface area contributed by atoms with Crippen molar-refractivity contribution in [2.75, 3.05) is 0 Å². The second-order valence-electron chi connectivity index (χ2n) is 6.89. The van der Waals surface area contributed by atoms with Gasteiger partial charge in [-0.2, -0.15) is 0 Å². The topological polar surface area (TPSA) is 178 Å². The molecule has 4 rings (SSSR count). The Kier molecular flexibility index (Phi) is 6.68. The van der Waals surface area contributed by atoms with Gasteiger partial charge < -0.3 is 29.5 Å². The number of aromatic carboxylic acids is 3. The molecule has 0 aliphatic heterocycles. The fraction of sp³-hybridized carbons (Fsp3) is 0. The van der Waals surface area contributed by atoms with Crippen LogP contribution in [0.5, 0.6) is 35.3 Å². The number of carboxylic acid groups (broad SMARTS) is 3. The molecule has 180 valence electrons. The average Bonchev–Trinajstić information content (AvgIpc) is 2.84. The minimum atomic E-state index is -1.27. The highest BCUT2D eigenvalue weighted by atomic mass is 16.5. The summed E-state index contributed by atoms with van der Waals surface area (Å²) in [5.74, 6) is -4.12. The van der Waals surface area contributed by atoms with Gasteiger partial charge in [0.2, 0.25) is 0 Å². The highest BCUT2D eigenvalue weighted by Gasteiger charge is 2.20. The van der Waals surface area contributed by atoms with Crippen LogP contribution in [-0.2, 0) is 0 Å². The van der Waals surface area contributed by atoms with Gasteiger partial charge in [-0.3, -0.25) is 0 Å². The monoisotopic (exact) mass is 489 g/mol. The Morgan fingerprint density at radius 1 is 0.472 bits per heavy atom. The first kappa shape index (κ1) is 23.6. The fourth-order valence-electron chi connectivity index (χ4n) is 2.95. The van der Waals surface area contributed by atoms with Crippen LogP contribution in [0.25, 0.3) is 0 Å². The molecule has 0 spiro atoms. The Morgan fingerprint density at radius 2 is 0.722 bits per heavy atom. The molecule has 0 fully saturated rings. The molecule has 0 aliphatic rings. The van der Waals surface area contributed by atoms with Gasteiger partial charge in [-0.1, -0.05) is 36.4 Å². The number of aromatic nitrogens is 3. The maximum atomic E-state index is 11.5. The summed E-state index contributed by atoms with van der Waals surface area (Å²) in [5.41, 5.74) is -0.555. The molecule has 1 heterocycles. The Balaban J connectivity index is 1.77.